The van der Waals surface area contributed by atoms with Gasteiger partial charge in [-0.15, -0.1) is 0 Å². The summed E-state index contributed by atoms with van der Waals surface area (Å²) in [6.07, 6.45) is 1.65. The lowest BCUT2D eigenvalue weighted by Crippen LogP contribution is -2.01. The summed E-state index contributed by atoms with van der Waals surface area (Å²) in [5.74, 6) is 0.154. The third-order valence-electron chi connectivity index (χ3n) is 2.14. The predicted molar refractivity (Wildman–Crippen MR) is 61.2 cm³/mol. The van der Waals surface area contributed by atoms with E-state index in [1.165, 1.54) is 0 Å². The van der Waals surface area contributed by atoms with E-state index < -0.39 is 0 Å². The third-order valence-corrected chi connectivity index (χ3v) is 2.14. The highest BCUT2D eigenvalue weighted by Gasteiger charge is 2.07. The van der Waals surface area contributed by atoms with E-state index in [-0.39, 0.29) is 5.88 Å². The molecule has 0 unspecified atom stereocenters. The largest absolute Gasteiger partial charge is 0.494 e. The van der Waals surface area contributed by atoms with Crippen molar-refractivity contribution in [3.05, 3.63) is 29.8 Å². The number of hydrazone groups is 1. The summed E-state index contributed by atoms with van der Waals surface area (Å²) < 4.78 is 0. The number of H-pyrrole nitrogens is 1. The molecular formula is C11H13N3O. The minimum absolute atomic E-state index is 0.154. The second kappa shape index (κ2) is 3.65. The number of nitrogens with zero attached hydrogens (tertiary/aromatic N) is 2. The number of para-hydroxylation sites is 1. The number of hydrogen-bond acceptors (Lipinski definition) is 3. The summed E-state index contributed by atoms with van der Waals surface area (Å²) in [4.78, 5) is 2.90. The fourth-order valence-electron chi connectivity index (χ4n) is 1.45. The van der Waals surface area contributed by atoms with Gasteiger partial charge in [-0.3, -0.25) is 0 Å². The van der Waals surface area contributed by atoms with Gasteiger partial charge in [-0.25, -0.2) is 0 Å². The van der Waals surface area contributed by atoms with E-state index in [4.69, 9.17) is 0 Å². The maximum absolute atomic E-state index is 9.68. The average molecular weight is 203 g/mol. The molecule has 0 radical (unpaired) electrons. The first-order valence-electron chi connectivity index (χ1n) is 4.69. The summed E-state index contributed by atoms with van der Waals surface area (Å²) >= 11 is 0. The Morgan fingerprint density at radius 1 is 1.33 bits per heavy atom. The molecule has 0 amide bonds. The molecule has 0 aliphatic heterocycles. The molecule has 2 rings (SSSR count). The molecule has 0 fully saturated rings. The van der Waals surface area contributed by atoms with Crippen molar-refractivity contribution >= 4 is 17.1 Å². The first-order chi connectivity index (χ1) is 7.18. The van der Waals surface area contributed by atoms with Crippen molar-refractivity contribution in [2.24, 2.45) is 5.10 Å². The molecule has 0 aliphatic carbocycles. The van der Waals surface area contributed by atoms with Crippen molar-refractivity contribution in [3.8, 4) is 5.88 Å². The third kappa shape index (κ3) is 1.79. The van der Waals surface area contributed by atoms with Gasteiger partial charge in [0.1, 0.15) is 0 Å². The molecule has 2 N–H and O–H groups in total. The Bertz CT molecular complexity index is 500. The molecule has 1 aromatic carbocycles. The topological polar surface area (TPSA) is 51.6 Å². The summed E-state index contributed by atoms with van der Waals surface area (Å²) in [6.45, 7) is 0. The fourth-order valence-corrected chi connectivity index (χ4v) is 1.45. The lowest BCUT2D eigenvalue weighted by Gasteiger charge is -2.01. The van der Waals surface area contributed by atoms with Crippen LogP contribution < -0.4 is 0 Å². The smallest absolute Gasteiger partial charge is 0.198 e. The van der Waals surface area contributed by atoms with Gasteiger partial charge < -0.3 is 15.1 Å². The van der Waals surface area contributed by atoms with Crippen LogP contribution in [-0.4, -0.2) is 35.4 Å². The van der Waals surface area contributed by atoms with Crippen LogP contribution in [0.15, 0.2) is 29.4 Å². The van der Waals surface area contributed by atoms with Gasteiger partial charge in [0.15, 0.2) is 5.88 Å². The molecule has 78 valence electrons. The van der Waals surface area contributed by atoms with Crippen LogP contribution in [0.2, 0.25) is 0 Å². The lowest BCUT2D eigenvalue weighted by molar-refractivity contribution is 0.438. The van der Waals surface area contributed by atoms with E-state index in [9.17, 15) is 5.11 Å². The minimum atomic E-state index is 0.154. The molecule has 2 aromatic rings. The SMILES string of the molecule is CN(C)N=Cc1c(O)[nH]c2ccccc12. The van der Waals surface area contributed by atoms with Crippen LogP contribution in [0.25, 0.3) is 10.9 Å². The van der Waals surface area contributed by atoms with E-state index in [2.05, 4.69) is 10.1 Å². The number of fused-ring (bicyclic) bond motifs is 1. The molecule has 0 spiro atoms. The normalized spacial score (nSPS) is 11.3. The van der Waals surface area contributed by atoms with E-state index in [0.29, 0.717) is 0 Å². The molecule has 0 bridgehead atoms. The zero-order valence-corrected chi connectivity index (χ0v) is 8.73. The van der Waals surface area contributed by atoms with E-state index >= 15 is 0 Å². The van der Waals surface area contributed by atoms with E-state index in [0.717, 1.165) is 16.5 Å². The van der Waals surface area contributed by atoms with Crippen molar-refractivity contribution < 1.29 is 5.11 Å². The second-order valence-electron chi connectivity index (χ2n) is 3.52. The lowest BCUT2D eigenvalue weighted by atomic mass is 10.2. The molecule has 1 aromatic heterocycles. The molecule has 0 atom stereocenters. The zero-order valence-electron chi connectivity index (χ0n) is 8.73. The monoisotopic (exact) mass is 203 g/mol. The number of rotatable bonds is 2. The number of aromatic amines is 1. The maximum Gasteiger partial charge on any atom is 0.198 e. The maximum atomic E-state index is 9.68. The van der Waals surface area contributed by atoms with Crippen molar-refractivity contribution in [1.82, 2.24) is 9.99 Å². The Balaban J connectivity index is 2.54. The van der Waals surface area contributed by atoms with Gasteiger partial charge in [-0.05, 0) is 6.07 Å². The van der Waals surface area contributed by atoms with Gasteiger partial charge in [-0.2, -0.15) is 5.10 Å². The van der Waals surface area contributed by atoms with Crippen LogP contribution in [0.5, 0.6) is 5.88 Å². The molecule has 15 heavy (non-hydrogen) atoms. The first kappa shape index (κ1) is 9.58. The molecule has 4 heteroatoms. The predicted octanol–water partition coefficient (Wildman–Crippen LogP) is 1.77. The van der Waals surface area contributed by atoms with Crippen LogP contribution in [0.3, 0.4) is 0 Å². The van der Waals surface area contributed by atoms with Gasteiger partial charge in [0.25, 0.3) is 0 Å². The van der Waals surface area contributed by atoms with Gasteiger partial charge in [0.2, 0.25) is 0 Å². The summed E-state index contributed by atoms with van der Waals surface area (Å²) in [5, 5.41) is 16.4. The highest BCUT2D eigenvalue weighted by atomic mass is 16.3. The molecule has 4 nitrogen and oxygen atoms in total. The van der Waals surface area contributed by atoms with Crippen molar-refractivity contribution in [2.75, 3.05) is 14.1 Å². The number of benzene rings is 1. The minimum Gasteiger partial charge on any atom is -0.494 e. The van der Waals surface area contributed by atoms with Crippen LogP contribution in [-0.2, 0) is 0 Å². The summed E-state index contributed by atoms with van der Waals surface area (Å²) in [5.41, 5.74) is 1.63. The molecule has 0 saturated carbocycles. The Morgan fingerprint density at radius 3 is 2.80 bits per heavy atom. The van der Waals surface area contributed by atoms with Crippen molar-refractivity contribution in [1.29, 1.82) is 0 Å². The highest BCUT2D eigenvalue weighted by molar-refractivity contribution is 6.01. The van der Waals surface area contributed by atoms with Gasteiger partial charge >= 0.3 is 0 Å². The molecule has 1 heterocycles. The summed E-state index contributed by atoms with van der Waals surface area (Å²) in [7, 11) is 3.67. The number of aromatic hydroxyl groups is 1. The van der Waals surface area contributed by atoms with Gasteiger partial charge in [0.05, 0.1) is 11.8 Å². The van der Waals surface area contributed by atoms with E-state index in [1.807, 2.05) is 38.4 Å². The quantitative estimate of drug-likeness (QED) is 0.577. The van der Waals surface area contributed by atoms with Crippen molar-refractivity contribution in [2.45, 2.75) is 0 Å². The van der Waals surface area contributed by atoms with Gasteiger partial charge in [-0.1, -0.05) is 18.2 Å². The average Bonchev–Trinajstić information content (AvgIpc) is 2.50. The zero-order chi connectivity index (χ0) is 10.8. The number of aromatic nitrogens is 1. The van der Waals surface area contributed by atoms with Crippen LogP contribution in [0.1, 0.15) is 5.56 Å². The standard InChI is InChI=1S/C11H13N3O/c1-14(2)12-7-9-8-5-3-4-6-10(8)13-11(9)15/h3-7,13,15H,1-2H3. The summed E-state index contributed by atoms with van der Waals surface area (Å²) in [6, 6.07) is 7.72. The molecule has 0 saturated heterocycles. The van der Waals surface area contributed by atoms with E-state index in [1.54, 1.807) is 11.2 Å². The molecule has 0 aliphatic rings. The Hall–Kier alpha value is -1.97. The van der Waals surface area contributed by atoms with Crippen LogP contribution in [0, 0.1) is 0 Å². The van der Waals surface area contributed by atoms with Crippen LogP contribution >= 0.6 is 0 Å². The number of nitrogens with one attached hydrogen (secondary N) is 1. The van der Waals surface area contributed by atoms with Crippen molar-refractivity contribution in [3.63, 3.8) is 0 Å². The molecular weight excluding hydrogens is 190 g/mol. The highest BCUT2D eigenvalue weighted by Crippen LogP contribution is 2.24. The van der Waals surface area contributed by atoms with Gasteiger partial charge in [0, 0.05) is 25.0 Å². The first-order valence-corrected chi connectivity index (χ1v) is 4.69. The second-order valence-corrected chi connectivity index (χ2v) is 3.52. The Kier molecular flexibility index (Phi) is 2.33. The number of hydrogen-bond donors (Lipinski definition) is 2. The van der Waals surface area contributed by atoms with Crippen LogP contribution in [0.4, 0.5) is 0 Å². The Labute approximate surface area is 87.8 Å². The fraction of sp³-hybridized carbons (Fsp3) is 0.182. The Morgan fingerprint density at radius 2 is 2.07 bits per heavy atom.